The average molecular weight is 251 g/mol. The Balaban J connectivity index is 0.000000171. The van der Waals surface area contributed by atoms with Gasteiger partial charge in [0.15, 0.2) is 0 Å². The summed E-state index contributed by atoms with van der Waals surface area (Å²) in [6.45, 7) is 1.76. The van der Waals surface area contributed by atoms with Gasteiger partial charge in [-0.1, -0.05) is 48.0 Å². The summed E-state index contributed by atoms with van der Waals surface area (Å²) in [6.07, 6.45) is -0.341. The summed E-state index contributed by atoms with van der Waals surface area (Å²) in [5, 5.41) is 18.3. The molecule has 0 aliphatic rings. The van der Waals surface area contributed by atoms with Crippen molar-refractivity contribution in [1.29, 1.82) is 0 Å². The van der Waals surface area contributed by atoms with E-state index in [1.54, 1.807) is 25.1 Å². The first-order valence-corrected chi connectivity index (χ1v) is 5.65. The van der Waals surface area contributed by atoms with Crippen molar-refractivity contribution in [3.8, 4) is 5.75 Å². The SMILES string of the molecule is CC(O)c1ccccc1.Oc1cccc(Cl)c1. The summed E-state index contributed by atoms with van der Waals surface area (Å²) in [6, 6.07) is 16.1. The Morgan fingerprint density at radius 1 is 1.00 bits per heavy atom. The molecule has 2 aromatic rings. The van der Waals surface area contributed by atoms with E-state index in [4.69, 9.17) is 21.8 Å². The molecule has 0 saturated carbocycles. The molecule has 2 rings (SSSR count). The number of phenols is 1. The number of halogens is 1. The maximum Gasteiger partial charge on any atom is 0.117 e. The van der Waals surface area contributed by atoms with Crippen LogP contribution in [0, 0.1) is 0 Å². The molecular weight excluding hydrogens is 236 g/mol. The molecule has 1 unspecified atom stereocenters. The number of phenolic OH excluding ortho intramolecular Hbond substituents is 1. The van der Waals surface area contributed by atoms with Gasteiger partial charge < -0.3 is 10.2 Å². The molecule has 0 fully saturated rings. The molecule has 90 valence electrons. The number of aliphatic hydroxyl groups is 1. The van der Waals surface area contributed by atoms with Crippen LogP contribution >= 0.6 is 11.6 Å². The van der Waals surface area contributed by atoms with E-state index in [-0.39, 0.29) is 11.9 Å². The van der Waals surface area contributed by atoms with E-state index >= 15 is 0 Å². The molecule has 17 heavy (non-hydrogen) atoms. The van der Waals surface area contributed by atoms with Gasteiger partial charge in [-0.25, -0.2) is 0 Å². The molecule has 0 aromatic heterocycles. The van der Waals surface area contributed by atoms with Gasteiger partial charge in [-0.05, 0) is 30.7 Å². The van der Waals surface area contributed by atoms with Gasteiger partial charge in [-0.15, -0.1) is 0 Å². The van der Waals surface area contributed by atoms with E-state index in [9.17, 15) is 0 Å². The average Bonchev–Trinajstić information content (AvgIpc) is 2.30. The van der Waals surface area contributed by atoms with Crippen LogP contribution in [0.25, 0.3) is 0 Å². The zero-order valence-electron chi connectivity index (χ0n) is 9.55. The fourth-order valence-corrected chi connectivity index (χ4v) is 1.39. The van der Waals surface area contributed by atoms with Crippen molar-refractivity contribution in [2.75, 3.05) is 0 Å². The first kappa shape index (κ1) is 13.6. The predicted octanol–water partition coefficient (Wildman–Crippen LogP) is 3.79. The van der Waals surface area contributed by atoms with E-state index in [0.717, 1.165) is 5.56 Å². The van der Waals surface area contributed by atoms with E-state index < -0.39 is 0 Å². The standard InChI is InChI=1S/C8H10O.C6H5ClO/c1-7(9)8-5-3-2-4-6-8;7-5-2-1-3-6(8)4-5/h2-7,9H,1H3;1-4,8H. The van der Waals surface area contributed by atoms with Crippen LogP contribution in [-0.2, 0) is 0 Å². The molecule has 0 aliphatic heterocycles. The molecule has 0 spiro atoms. The second-order valence-electron chi connectivity index (χ2n) is 3.57. The lowest BCUT2D eigenvalue weighted by molar-refractivity contribution is 0.199. The minimum absolute atomic E-state index is 0.206. The van der Waals surface area contributed by atoms with Gasteiger partial charge in [0, 0.05) is 5.02 Å². The Morgan fingerprint density at radius 2 is 1.65 bits per heavy atom. The number of rotatable bonds is 1. The van der Waals surface area contributed by atoms with Crippen molar-refractivity contribution in [2.24, 2.45) is 0 Å². The van der Waals surface area contributed by atoms with Crippen molar-refractivity contribution >= 4 is 11.6 Å². The Morgan fingerprint density at radius 3 is 2.00 bits per heavy atom. The summed E-state index contributed by atoms with van der Waals surface area (Å²) >= 11 is 5.48. The van der Waals surface area contributed by atoms with E-state index in [1.807, 2.05) is 30.3 Å². The molecule has 2 nitrogen and oxygen atoms in total. The van der Waals surface area contributed by atoms with Crippen molar-refractivity contribution in [3.05, 3.63) is 65.2 Å². The van der Waals surface area contributed by atoms with E-state index in [1.165, 1.54) is 6.07 Å². The van der Waals surface area contributed by atoms with Crippen LogP contribution < -0.4 is 0 Å². The molecule has 1 atom stereocenters. The Labute approximate surface area is 106 Å². The highest BCUT2D eigenvalue weighted by atomic mass is 35.5. The van der Waals surface area contributed by atoms with Gasteiger partial charge in [0.05, 0.1) is 6.10 Å². The van der Waals surface area contributed by atoms with Gasteiger partial charge in [-0.3, -0.25) is 0 Å². The van der Waals surface area contributed by atoms with Crippen LogP contribution in [0.15, 0.2) is 54.6 Å². The lowest BCUT2D eigenvalue weighted by Crippen LogP contribution is -1.87. The van der Waals surface area contributed by atoms with Crippen LogP contribution in [-0.4, -0.2) is 10.2 Å². The number of aromatic hydroxyl groups is 1. The smallest absolute Gasteiger partial charge is 0.117 e. The van der Waals surface area contributed by atoms with Crippen molar-refractivity contribution < 1.29 is 10.2 Å². The number of hydrogen-bond donors (Lipinski definition) is 2. The number of hydrogen-bond acceptors (Lipinski definition) is 2. The highest BCUT2D eigenvalue weighted by Crippen LogP contribution is 2.14. The lowest BCUT2D eigenvalue weighted by Gasteiger charge is -2.00. The van der Waals surface area contributed by atoms with Crippen molar-refractivity contribution in [2.45, 2.75) is 13.0 Å². The normalized spacial score (nSPS) is 11.2. The van der Waals surface area contributed by atoms with Gasteiger partial charge in [0.1, 0.15) is 5.75 Å². The zero-order valence-corrected chi connectivity index (χ0v) is 10.3. The summed E-state index contributed by atoms with van der Waals surface area (Å²) < 4.78 is 0. The predicted molar refractivity (Wildman–Crippen MR) is 70.2 cm³/mol. The third-order valence-corrected chi connectivity index (χ3v) is 2.33. The summed E-state index contributed by atoms with van der Waals surface area (Å²) in [5.41, 5.74) is 0.970. The summed E-state index contributed by atoms with van der Waals surface area (Å²) in [7, 11) is 0. The van der Waals surface area contributed by atoms with E-state index in [2.05, 4.69) is 0 Å². The number of aliphatic hydroxyl groups excluding tert-OH is 1. The van der Waals surface area contributed by atoms with Gasteiger partial charge in [0.2, 0.25) is 0 Å². The second-order valence-corrected chi connectivity index (χ2v) is 4.00. The quantitative estimate of drug-likeness (QED) is 0.809. The largest absolute Gasteiger partial charge is 0.508 e. The number of benzene rings is 2. The minimum atomic E-state index is -0.341. The molecule has 0 bridgehead atoms. The Kier molecular flexibility index (Phi) is 5.53. The summed E-state index contributed by atoms with van der Waals surface area (Å²) in [5.74, 6) is 0.206. The molecule has 0 aliphatic carbocycles. The maximum absolute atomic E-state index is 9.02. The fourth-order valence-electron chi connectivity index (χ4n) is 1.21. The topological polar surface area (TPSA) is 40.5 Å². The molecule has 0 radical (unpaired) electrons. The Bertz CT molecular complexity index is 424. The maximum atomic E-state index is 9.02. The minimum Gasteiger partial charge on any atom is -0.508 e. The van der Waals surface area contributed by atoms with E-state index in [0.29, 0.717) is 5.02 Å². The van der Waals surface area contributed by atoms with Crippen LogP contribution in [0.4, 0.5) is 0 Å². The fraction of sp³-hybridized carbons (Fsp3) is 0.143. The van der Waals surface area contributed by atoms with Crippen LogP contribution in [0.5, 0.6) is 5.75 Å². The molecular formula is C14H15ClO2. The first-order valence-electron chi connectivity index (χ1n) is 5.27. The molecule has 0 saturated heterocycles. The summed E-state index contributed by atoms with van der Waals surface area (Å²) in [4.78, 5) is 0. The zero-order chi connectivity index (χ0) is 12.7. The van der Waals surface area contributed by atoms with Gasteiger partial charge in [0.25, 0.3) is 0 Å². The molecule has 3 heteroatoms. The third kappa shape index (κ3) is 5.38. The molecule has 2 aromatic carbocycles. The highest BCUT2D eigenvalue weighted by Gasteiger charge is 1.95. The second kappa shape index (κ2) is 6.94. The third-order valence-electron chi connectivity index (χ3n) is 2.09. The molecule has 0 amide bonds. The van der Waals surface area contributed by atoms with Gasteiger partial charge in [-0.2, -0.15) is 0 Å². The lowest BCUT2D eigenvalue weighted by atomic mass is 10.1. The Hall–Kier alpha value is -1.51. The van der Waals surface area contributed by atoms with Crippen LogP contribution in [0.2, 0.25) is 5.02 Å². The molecule has 0 heterocycles. The van der Waals surface area contributed by atoms with Crippen molar-refractivity contribution in [3.63, 3.8) is 0 Å². The highest BCUT2D eigenvalue weighted by molar-refractivity contribution is 6.30. The van der Waals surface area contributed by atoms with Crippen LogP contribution in [0.3, 0.4) is 0 Å². The monoisotopic (exact) mass is 250 g/mol. The van der Waals surface area contributed by atoms with Crippen LogP contribution in [0.1, 0.15) is 18.6 Å². The van der Waals surface area contributed by atoms with Gasteiger partial charge >= 0.3 is 0 Å². The van der Waals surface area contributed by atoms with Crippen molar-refractivity contribution in [1.82, 2.24) is 0 Å². The first-order chi connectivity index (χ1) is 8.09. The molecule has 2 N–H and O–H groups in total.